The van der Waals surface area contributed by atoms with Gasteiger partial charge in [-0.15, -0.1) is 6.58 Å². The minimum absolute atomic E-state index is 0.0934. The van der Waals surface area contributed by atoms with E-state index in [-0.39, 0.29) is 25.0 Å². The average Bonchev–Trinajstić information content (AvgIpc) is 3.07. The van der Waals surface area contributed by atoms with Gasteiger partial charge in [0, 0.05) is 25.6 Å². The van der Waals surface area contributed by atoms with E-state index in [9.17, 15) is 14.7 Å². The van der Waals surface area contributed by atoms with Crippen LogP contribution in [0.2, 0.25) is 0 Å². The summed E-state index contributed by atoms with van der Waals surface area (Å²) in [5, 5.41) is 18.6. The van der Waals surface area contributed by atoms with Gasteiger partial charge in [-0.1, -0.05) is 6.08 Å². The summed E-state index contributed by atoms with van der Waals surface area (Å²) in [7, 11) is 0. The molecule has 1 heterocycles. The van der Waals surface area contributed by atoms with Crippen molar-refractivity contribution < 1.29 is 19.8 Å². The first-order valence-electron chi connectivity index (χ1n) is 6.13. The molecule has 2 N–H and O–H groups in total. The number of hydrogen-bond acceptors (Lipinski definition) is 3. The number of carboxylic acids is 1. The molecule has 2 amide bonds. The number of aliphatic hydroxyl groups excluding tert-OH is 1. The zero-order valence-electron chi connectivity index (χ0n) is 10.2. The Balaban J connectivity index is 2.10. The number of urea groups is 1. The van der Waals surface area contributed by atoms with Gasteiger partial charge in [-0.25, -0.2) is 9.59 Å². The van der Waals surface area contributed by atoms with Crippen molar-refractivity contribution in [2.75, 3.05) is 13.1 Å². The second-order valence-electron chi connectivity index (χ2n) is 4.85. The van der Waals surface area contributed by atoms with Crippen molar-refractivity contribution in [2.45, 2.75) is 37.5 Å². The molecule has 0 aromatic heterocycles. The number of amides is 2. The van der Waals surface area contributed by atoms with E-state index in [0.717, 1.165) is 12.8 Å². The van der Waals surface area contributed by atoms with Crippen LogP contribution < -0.4 is 0 Å². The topological polar surface area (TPSA) is 81.1 Å². The van der Waals surface area contributed by atoms with Crippen molar-refractivity contribution in [2.24, 2.45) is 0 Å². The zero-order chi connectivity index (χ0) is 13.3. The maximum atomic E-state index is 12.3. The number of aliphatic carboxylic acids is 1. The zero-order valence-corrected chi connectivity index (χ0v) is 10.2. The SMILES string of the molecule is C=CCN(C(=O)N1C[C@@H](O)C[C@H]1C(=O)O)C1CC1. The standard InChI is InChI=1S/C12H18N2O4/c1-2-5-13(8-3-4-8)12(18)14-7-9(15)6-10(14)11(16)17/h2,8-10,15H,1,3-7H2,(H,16,17)/t9-,10-/m0/s1. The third kappa shape index (κ3) is 2.48. The number of likely N-dealkylation sites (tertiary alicyclic amines) is 1. The van der Waals surface area contributed by atoms with Crippen LogP contribution in [0.4, 0.5) is 4.79 Å². The van der Waals surface area contributed by atoms with Gasteiger partial charge in [0.1, 0.15) is 6.04 Å². The summed E-state index contributed by atoms with van der Waals surface area (Å²) < 4.78 is 0. The molecule has 2 atom stereocenters. The first-order valence-corrected chi connectivity index (χ1v) is 6.13. The Morgan fingerprint density at radius 1 is 1.44 bits per heavy atom. The third-order valence-corrected chi connectivity index (χ3v) is 3.37. The lowest BCUT2D eigenvalue weighted by atomic mass is 10.2. The lowest BCUT2D eigenvalue weighted by Crippen LogP contribution is -2.49. The van der Waals surface area contributed by atoms with Crippen molar-refractivity contribution in [3.63, 3.8) is 0 Å². The van der Waals surface area contributed by atoms with Crippen LogP contribution in [0.3, 0.4) is 0 Å². The van der Waals surface area contributed by atoms with Crippen LogP contribution in [0.15, 0.2) is 12.7 Å². The van der Waals surface area contributed by atoms with Gasteiger partial charge in [-0.05, 0) is 12.8 Å². The Kier molecular flexibility index (Phi) is 3.56. The second-order valence-corrected chi connectivity index (χ2v) is 4.85. The van der Waals surface area contributed by atoms with Gasteiger partial charge in [0.2, 0.25) is 0 Å². The highest BCUT2D eigenvalue weighted by atomic mass is 16.4. The van der Waals surface area contributed by atoms with E-state index >= 15 is 0 Å². The lowest BCUT2D eigenvalue weighted by molar-refractivity contribution is -0.141. The fourth-order valence-corrected chi connectivity index (χ4v) is 2.33. The predicted octanol–water partition coefficient (Wildman–Crippen LogP) is 0.277. The Morgan fingerprint density at radius 3 is 2.61 bits per heavy atom. The van der Waals surface area contributed by atoms with Crippen LogP contribution in [0.1, 0.15) is 19.3 Å². The van der Waals surface area contributed by atoms with Gasteiger partial charge in [-0.2, -0.15) is 0 Å². The summed E-state index contributed by atoms with van der Waals surface area (Å²) in [5.74, 6) is -1.06. The molecule has 1 saturated heterocycles. The summed E-state index contributed by atoms with van der Waals surface area (Å²) in [5.41, 5.74) is 0. The molecule has 2 fully saturated rings. The smallest absolute Gasteiger partial charge is 0.326 e. The maximum Gasteiger partial charge on any atom is 0.326 e. The predicted molar refractivity (Wildman–Crippen MR) is 64.1 cm³/mol. The number of nitrogens with zero attached hydrogens (tertiary/aromatic N) is 2. The molecule has 6 nitrogen and oxygen atoms in total. The van der Waals surface area contributed by atoms with Crippen LogP contribution in [0.25, 0.3) is 0 Å². The molecule has 0 spiro atoms. The highest BCUT2D eigenvalue weighted by Crippen LogP contribution is 2.29. The summed E-state index contributed by atoms with van der Waals surface area (Å²) >= 11 is 0. The van der Waals surface area contributed by atoms with Crippen molar-refractivity contribution in [3.8, 4) is 0 Å². The molecule has 6 heteroatoms. The number of β-amino-alcohol motifs (C(OH)–C–C–N with tert-alkyl or cyclic N) is 1. The van der Waals surface area contributed by atoms with E-state index in [1.807, 2.05) is 0 Å². The van der Waals surface area contributed by atoms with Crippen molar-refractivity contribution in [1.82, 2.24) is 9.80 Å². The molecule has 0 radical (unpaired) electrons. The van der Waals surface area contributed by atoms with E-state index in [1.54, 1.807) is 11.0 Å². The highest BCUT2D eigenvalue weighted by molar-refractivity contribution is 5.84. The molecule has 2 rings (SSSR count). The molecule has 2 aliphatic rings. The van der Waals surface area contributed by atoms with Crippen molar-refractivity contribution >= 4 is 12.0 Å². The Morgan fingerprint density at radius 2 is 2.11 bits per heavy atom. The molecular weight excluding hydrogens is 236 g/mol. The largest absolute Gasteiger partial charge is 0.480 e. The third-order valence-electron chi connectivity index (χ3n) is 3.37. The fourth-order valence-electron chi connectivity index (χ4n) is 2.33. The van der Waals surface area contributed by atoms with Gasteiger partial charge in [0.15, 0.2) is 0 Å². The van der Waals surface area contributed by atoms with E-state index in [4.69, 9.17) is 5.11 Å². The number of rotatable bonds is 4. The normalized spacial score (nSPS) is 27.1. The number of aliphatic hydroxyl groups is 1. The van der Waals surface area contributed by atoms with E-state index in [1.165, 1.54) is 4.90 Å². The maximum absolute atomic E-state index is 12.3. The summed E-state index contributed by atoms with van der Waals surface area (Å²) in [6.07, 6.45) is 2.90. The first-order chi connectivity index (χ1) is 8.54. The van der Waals surface area contributed by atoms with E-state index in [0.29, 0.717) is 6.54 Å². The van der Waals surface area contributed by atoms with Crippen LogP contribution in [-0.4, -0.2) is 63.3 Å². The Hall–Kier alpha value is -1.56. The lowest BCUT2D eigenvalue weighted by Gasteiger charge is -2.29. The first kappa shape index (κ1) is 12.9. The monoisotopic (exact) mass is 254 g/mol. The molecule has 0 aromatic carbocycles. The highest BCUT2D eigenvalue weighted by Gasteiger charge is 2.43. The van der Waals surface area contributed by atoms with Crippen LogP contribution in [0, 0.1) is 0 Å². The molecule has 0 aromatic rings. The Bertz CT molecular complexity index is 367. The molecule has 18 heavy (non-hydrogen) atoms. The number of carboxylic acid groups (broad SMARTS) is 1. The summed E-state index contributed by atoms with van der Waals surface area (Å²) in [4.78, 5) is 26.3. The van der Waals surface area contributed by atoms with Crippen LogP contribution in [0.5, 0.6) is 0 Å². The van der Waals surface area contributed by atoms with Crippen molar-refractivity contribution in [1.29, 1.82) is 0 Å². The molecule has 100 valence electrons. The molecule has 0 bridgehead atoms. The second kappa shape index (κ2) is 4.97. The van der Waals surface area contributed by atoms with Gasteiger partial charge in [0.05, 0.1) is 6.10 Å². The summed E-state index contributed by atoms with van der Waals surface area (Å²) in [6.45, 7) is 4.12. The quantitative estimate of drug-likeness (QED) is 0.706. The van der Waals surface area contributed by atoms with E-state index < -0.39 is 18.1 Å². The van der Waals surface area contributed by atoms with E-state index in [2.05, 4.69) is 6.58 Å². The number of hydrogen-bond donors (Lipinski definition) is 2. The molecular formula is C12H18N2O4. The minimum Gasteiger partial charge on any atom is -0.480 e. The Labute approximate surface area is 105 Å². The minimum atomic E-state index is -1.06. The molecule has 0 unspecified atom stereocenters. The van der Waals surface area contributed by atoms with Gasteiger partial charge >= 0.3 is 12.0 Å². The molecule has 1 aliphatic carbocycles. The molecule has 1 aliphatic heterocycles. The molecule has 1 saturated carbocycles. The van der Waals surface area contributed by atoms with Gasteiger partial charge < -0.3 is 20.0 Å². The van der Waals surface area contributed by atoms with Gasteiger partial charge in [-0.3, -0.25) is 0 Å². The number of carbonyl (C=O) groups is 2. The number of carbonyl (C=O) groups excluding carboxylic acids is 1. The van der Waals surface area contributed by atoms with Crippen molar-refractivity contribution in [3.05, 3.63) is 12.7 Å². The van der Waals surface area contributed by atoms with Crippen LogP contribution in [-0.2, 0) is 4.79 Å². The van der Waals surface area contributed by atoms with Crippen LogP contribution >= 0.6 is 0 Å². The fraction of sp³-hybridized carbons (Fsp3) is 0.667. The summed E-state index contributed by atoms with van der Waals surface area (Å²) in [6, 6.07) is -1.03. The van der Waals surface area contributed by atoms with Gasteiger partial charge in [0.25, 0.3) is 0 Å². The average molecular weight is 254 g/mol.